The molecular weight excluding hydrogens is 392 g/mol. The Morgan fingerprint density at radius 1 is 0.656 bits per heavy atom. The van der Waals surface area contributed by atoms with Crippen LogP contribution >= 0.6 is 0 Å². The van der Waals surface area contributed by atoms with Crippen LogP contribution in [0.15, 0.2) is 11.6 Å². The summed E-state index contributed by atoms with van der Waals surface area (Å²) >= 11 is 0. The van der Waals surface area contributed by atoms with Gasteiger partial charge in [0.2, 0.25) is 0 Å². The lowest BCUT2D eigenvalue weighted by atomic mass is 9.42. The number of fused-ring (bicyclic) bond motifs is 6. The molecule has 9 atom stereocenters. The van der Waals surface area contributed by atoms with Crippen molar-refractivity contribution in [1.82, 2.24) is 0 Å². The number of rotatable bonds is 0. The van der Waals surface area contributed by atoms with Crippen LogP contribution in [0.2, 0.25) is 0 Å². The van der Waals surface area contributed by atoms with Gasteiger partial charge in [-0.2, -0.15) is 0 Å². The average molecular weight is 443 g/mol. The second-order valence-electron chi connectivity index (χ2n) is 14.9. The molecule has 32 heavy (non-hydrogen) atoms. The predicted molar refractivity (Wildman–Crippen MR) is 132 cm³/mol. The summed E-state index contributed by atoms with van der Waals surface area (Å²) < 4.78 is 0. The van der Waals surface area contributed by atoms with Crippen LogP contribution in [0.4, 0.5) is 0 Å². The van der Waals surface area contributed by atoms with E-state index in [1.165, 1.54) is 44.9 Å². The van der Waals surface area contributed by atoms with Gasteiger partial charge in [-0.05, 0) is 115 Å². The molecule has 0 aromatic carbocycles. The molecule has 182 valence electrons. The third-order valence-corrected chi connectivity index (χ3v) is 12.9. The maximum Gasteiger partial charge on any atom is 0.0594 e. The Balaban J connectivity index is 1.50. The quantitative estimate of drug-likeness (QED) is 0.391. The molecule has 0 aliphatic heterocycles. The first-order valence-electron chi connectivity index (χ1n) is 13.8. The summed E-state index contributed by atoms with van der Waals surface area (Å²) in [6.45, 7) is 17.2. The van der Waals surface area contributed by atoms with Gasteiger partial charge in [0.05, 0.1) is 12.2 Å². The number of aliphatic hydroxyl groups is 2. The predicted octanol–water partition coefficient (Wildman–Crippen LogP) is 7.14. The highest BCUT2D eigenvalue weighted by Gasteiger charge is 2.63. The van der Waals surface area contributed by atoms with Crippen molar-refractivity contribution in [2.24, 2.45) is 50.7 Å². The summed E-state index contributed by atoms with van der Waals surface area (Å²) in [5.41, 5.74) is 2.91. The highest BCUT2D eigenvalue weighted by molar-refractivity contribution is 5.25. The lowest BCUT2D eigenvalue weighted by molar-refractivity contribution is -0.170. The van der Waals surface area contributed by atoms with Gasteiger partial charge in [0.25, 0.3) is 0 Å². The van der Waals surface area contributed by atoms with E-state index in [4.69, 9.17) is 0 Å². The second kappa shape index (κ2) is 7.09. The zero-order valence-corrected chi connectivity index (χ0v) is 22.0. The minimum atomic E-state index is -0.156. The number of hydrogen-bond acceptors (Lipinski definition) is 2. The van der Waals surface area contributed by atoms with E-state index < -0.39 is 0 Å². The molecule has 0 unspecified atom stereocenters. The van der Waals surface area contributed by atoms with Gasteiger partial charge in [0, 0.05) is 0 Å². The molecule has 0 radical (unpaired) electrons. The van der Waals surface area contributed by atoms with Gasteiger partial charge in [0.1, 0.15) is 0 Å². The van der Waals surface area contributed by atoms with Gasteiger partial charge in [-0.25, -0.2) is 0 Å². The fourth-order valence-electron chi connectivity index (χ4n) is 10.9. The van der Waals surface area contributed by atoms with Gasteiger partial charge < -0.3 is 10.2 Å². The van der Waals surface area contributed by atoms with Crippen LogP contribution in [0.1, 0.15) is 113 Å². The molecule has 2 nitrogen and oxygen atoms in total. The Labute approximate surface area is 197 Å². The minimum Gasteiger partial charge on any atom is -0.393 e. The van der Waals surface area contributed by atoms with Crippen LogP contribution < -0.4 is 0 Å². The molecule has 0 spiro atoms. The zero-order chi connectivity index (χ0) is 23.3. The molecular formula is C30H50O2. The maximum absolute atomic E-state index is 10.9. The molecule has 0 heterocycles. The van der Waals surface area contributed by atoms with Gasteiger partial charge in [0.15, 0.2) is 0 Å². The summed E-state index contributed by atoms with van der Waals surface area (Å²) in [6.07, 6.45) is 14.4. The second-order valence-corrected chi connectivity index (χ2v) is 14.9. The summed E-state index contributed by atoms with van der Waals surface area (Å²) in [6, 6.07) is 0. The van der Waals surface area contributed by atoms with E-state index in [0.29, 0.717) is 34.0 Å². The SMILES string of the molecule is CC1(C)[C@@H](O)CC[C@@]2(C)[C@H]1CC[C@@]1(C)CC3=CC[C@H]4C(C)(C)[C@H](O)CC[C@]4(C)[C@H]3CC[C@@H]12. The Morgan fingerprint density at radius 2 is 1.25 bits per heavy atom. The van der Waals surface area contributed by atoms with E-state index >= 15 is 0 Å². The molecule has 2 heteroatoms. The molecule has 0 bridgehead atoms. The third-order valence-electron chi connectivity index (χ3n) is 12.9. The molecule has 4 saturated carbocycles. The first-order valence-corrected chi connectivity index (χ1v) is 13.8. The fourth-order valence-corrected chi connectivity index (χ4v) is 10.9. The molecule has 2 N–H and O–H groups in total. The summed E-state index contributed by atoms with van der Waals surface area (Å²) in [5, 5.41) is 21.7. The number of allylic oxidation sites excluding steroid dienone is 2. The molecule has 5 rings (SSSR count). The standard InChI is InChI=1S/C30H50O2/c1-26(2)21-10-8-19-18-28(5)15-12-22-27(3,4)25(32)14-17-30(22,7)23(28)11-9-20(19)29(21,6)16-13-24(26)31/h8,20-25,31-32H,9-18H2,1-7H3/t20-,21-,22-,23-,24+,25-,28-,29+,30-/m0/s1. The van der Waals surface area contributed by atoms with Gasteiger partial charge in [-0.3, -0.25) is 0 Å². The number of aliphatic hydroxyl groups excluding tert-OH is 2. The maximum atomic E-state index is 10.9. The highest BCUT2D eigenvalue weighted by atomic mass is 16.3. The van der Waals surface area contributed by atoms with Crippen molar-refractivity contribution in [2.75, 3.05) is 0 Å². The van der Waals surface area contributed by atoms with Gasteiger partial charge in [-0.1, -0.05) is 60.1 Å². The molecule has 0 amide bonds. The van der Waals surface area contributed by atoms with Crippen LogP contribution in [-0.2, 0) is 0 Å². The lowest BCUT2D eigenvalue weighted by Crippen LogP contribution is -2.58. The van der Waals surface area contributed by atoms with Crippen molar-refractivity contribution in [2.45, 2.75) is 125 Å². The van der Waals surface area contributed by atoms with Crippen LogP contribution in [0.3, 0.4) is 0 Å². The van der Waals surface area contributed by atoms with E-state index in [1.54, 1.807) is 5.57 Å². The highest BCUT2D eigenvalue weighted by Crippen LogP contribution is 2.70. The lowest BCUT2D eigenvalue weighted by Gasteiger charge is -2.63. The largest absolute Gasteiger partial charge is 0.393 e. The average Bonchev–Trinajstić information content (AvgIpc) is 2.86. The van der Waals surface area contributed by atoms with E-state index in [-0.39, 0.29) is 23.0 Å². The third kappa shape index (κ3) is 2.96. The minimum absolute atomic E-state index is 0.0125. The van der Waals surface area contributed by atoms with Gasteiger partial charge in [-0.15, -0.1) is 0 Å². The Morgan fingerprint density at radius 3 is 1.91 bits per heavy atom. The van der Waals surface area contributed by atoms with Gasteiger partial charge >= 0.3 is 0 Å². The van der Waals surface area contributed by atoms with Crippen LogP contribution in [0.25, 0.3) is 0 Å². The number of hydrogen-bond donors (Lipinski definition) is 2. The van der Waals surface area contributed by atoms with Crippen LogP contribution in [0.5, 0.6) is 0 Å². The molecule has 0 aromatic heterocycles. The molecule has 0 aromatic rings. The van der Waals surface area contributed by atoms with Crippen molar-refractivity contribution in [3.05, 3.63) is 11.6 Å². The topological polar surface area (TPSA) is 40.5 Å². The Bertz CT molecular complexity index is 795. The summed E-state index contributed by atoms with van der Waals surface area (Å²) in [5.74, 6) is 2.68. The monoisotopic (exact) mass is 442 g/mol. The molecule has 5 aliphatic carbocycles. The van der Waals surface area contributed by atoms with E-state index in [2.05, 4.69) is 54.5 Å². The first-order chi connectivity index (χ1) is 14.8. The summed E-state index contributed by atoms with van der Waals surface area (Å²) in [4.78, 5) is 0. The summed E-state index contributed by atoms with van der Waals surface area (Å²) in [7, 11) is 0. The van der Waals surface area contributed by atoms with Crippen molar-refractivity contribution in [3.63, 3.8) is 0 Å². The normalized spacial score (nSPS) is 54.2. The molecule has 0 saturated heterocycles. The van der Waals surface area contributed by atoms with E-state index in [9.17, 15) is 10.2 Å². The van der Waals surface area contributed by atoms with Crippen molar-refractivity contribution in [1.29, 1.82) is 0 Å². The fraction of sp³-hybridized carbons (Fsp3) is 0.933. The van der Waals surface area contributed by atoms with Crippen molar-refractivity contribution < 1.29 is 10.2 Å². The van der Waals surface area contributed by atoms with Crippen LogP contribution in [0, 0.1) is 50.7 Å². The zero-order valence-electron chi connectivity index (χ0n) is 22.0. The van der Waals surface area contributed by atoms with Crippen molar-refractivity contribution >= 4 is 0 Å². The Hall–Kier alpha value is -0.340. The smallest absolute Gasteiger partial charge is 0.0594 e. The molecule has 4 fully saturated rings. The first kappa shape index (κ1) is 23.4. The van der Waals surface area contributed by atoms with Crippen LogP contribution in [-0.4, -0.2) is 22.4 Å². The van der Waals surface area contributed by atoms with Crippen molar-refractivity contribution in [3.8, 4) is 0 Å². The Kier molecular flexibility index (Phi) is 5.19. The molecule has 5 aliphatic rings. The van der Waals surface area contributed by atoms with E-state index in [0.717, 1.165) is 25.2 Å². The van der Waals surface area contributed by atoms with E-state index in [1.807, 2.05) is 0 Å².